The van der Waals surface area contributed by atoms with Crippen LogP contribution in [0, 0.1) is 6.92 Å². The SMILES string of the molecule is Cc1nccn1-c1ccc(=O)n(CCNS(=O)(=O)c2cccc(Cl)c2)n1. The summed E-state index contributed by atoms with van der Waals surface area (Å²) < 4.78 is 29.9. The van der Waals surface area contributed by atoms with E-state index in [1.54, 1.807) is 35.2 Å². The Morgan fingerprint density at radius 1 is 1.23 bits per heavy atom. The topological polar surface area (TPSA) is 98.9 Å². The fourth-order valence-corrected chi connectivity index (χ4v) is 3.67. The number of halogens is 1. The zero-order chi connectivity index (χ0) is 18.7. The highest BCUT2D eigenvalue weighted by molar-refractivity contribution is 7.89. The molecule has 8 nitrogen and oxygen atoms in total. The third kappa shape index (κ3) is 4.01. The van der Waals surface area contributed by atoms with E-state index in [1.165, 1.54) is 22.9 Å². The lowest BCUT2D eigenvalue weighted by molar-refractivity contribution is 0.544. The van der Waals surface area contributed by atoms with E-state index in [0.717, 1.165) is 5.82 Å². The van der Waals surface area contributed by atoms with E-state index >= 15 is 0 Å². The summed E-state index contributed by atoms with van der Waals surface area (Å²) >= 11 is 5.83. The third-order valence-electron chi connectivity index (χ3n) is 3.65. The van der Waals surface area contributed by atoms with Gasteiger partial charge >= 0.3 is 0 Å². The van der Waals surface area contributed by atoms with Crippen LogP contribution in [0.3, 0.4) is 0 Å². The molecule has 3 aromatic rings. The second-order valence-corrected chi connectivity index (χ2v) is 7.66. The van der Waals surface area contributed by atoms with Crippen molar-refractivity contribution >= 4 is 21.6 Å². The van der Waals surface area contributed by atoms with Crippen molar-refractivity contribution in [3.8, 4) is 5.82 Å². The Hall–Kier alpha value is -2.49. The number of hydrogen-bond acceptors (Lipinski definition) is 5. The third-order valence-corrected chi connectivity index (χ3v) is 5.34. The summed E-state index contributed by atoms with van der Waals surface area (Å²) in [5.74, 6) is 1.25. The number of imidazole rings is 1. The van der Waals surface area contributed by atoms with E-state index in [2.05, 4.69) is 14.8 Å². The Kier molecular flexibility index (Phi) is 5.21. The summed E-state index contributed by atoms with van der Waals surface area (Å²) in [6.07, 6.45) is 3.36. The van der Waals surface area contributed by atoms with E-state index < -0.39 is 10.0 Å². The molecule has 0 aliphatic heterocycles. The highest BCUT2D eigenvalue weighted by atomic mass is 35.5. The molecule has 1 aromatic carbocycles. The maximum Gasteiger partial charge on any atom is 0.266 e. The van der Waals surface area contributed by atoms with Gasteiger partial charge in [0.1, 0.15) is 5.82 Å². The van der Waals surface area contributed by atoms with Crippen molar-refractivity contribution in [3.05, 3.63) is 70.0 Å². The quantitative estimate of drug-likeness (QED) is 0.681. The van der Waals surface area contributed by atoms with Crippen LogP contribution in [0.1, 0.15) is 5.82 Å². The van der Waals surface area contributed by atoms with Gasteiger partial charge in [-0.25, -0.2) is 22.8 Å². The molecule has 0 saturated carbocycles. The zero-order valence-corrected chi connectivity index (χ0v) is 15.4. The van der Waals surface area contributed by atoms with Crippen molar-refractivity contribution in [2.45, 2.75) is 18.4 Å². The van der Waals surface area contributed by atoms with Crippen molar-refractivity contribution in [1.29, 1.82) is 0 Å². The largest absolute Gasteiger partial charge is 0.287 e. The molecule has 2 aromatic heterocycles. The van der Waals surface area contributed by atoms with Gasteiger partial charge in [-0.15, -0.1) is 0 Å². The van der Waals surface area contributed by atoms with Gasteiger partial charge in [-0.05, 0) is 31.2 Å². The van der Waals surface area contributed by atoms with Gasteiger partial charge in [0.25, 0.3) is 5.56 Å². The first-order valence-electron chi connectivity index (χ1n) is 7.70. The fourth-order valence-electron chi connectivity index (χ4n) is 2.35. The molecule has 10 heteroatoms. The van der Waals surface area contributed by atoms with Gasteiger partial charge in [-0.3, -0.25) is 9.36 Å². The van der Waals surface area contributed by atoms with E-state index in [4.69, 9.17) is 11.6 Å². The highest BCUT2D eigenvalue weighted by Crippen LogP contribution is 2.15. The molecular formula is C16H16ClN5O3S. The van der Waals surface area contributed by atoms with Gasteiger partial charge in [0, 0.05) is 30.0 Å². The smallest absolute Gasteiger partial charge is 0.266 e. The predicted octanol–water partition coefficient (Wildman–Crippen LogP) is 1.37. The molecule has 0 saturated heterocycles. The summed E-state index contributed by atoms with van der Waals surface area (Å²) in [4.78, 5) is 16.2. The highest BCUT2D eigenvalue weighted by Gasteiger charge is 2.14. The predicted molar refractivity (Wildman–Crippen MR) is 97.0 cm³/mol. The lowest BCUT2D eigenvalue weighted by Gasteiger charge is -2.10. The van der Waals surface area contributed by atoms with Gasteiger partial charge in [0.2, 0.25) is 10.0 Å². The van der Waals surface area contributed by atoms with Crippen LogP contribution in [0.25, 0.3) is 5.82 Å². The second-order valence-electron chi connectivity index (χ2n) is 5.45. The fraction of sp³-hybridized carbons (Fsp3) is 0.188. The molecule has 0 aliphatic carbocycles. The van der Waals surface area contributed by atoms with Crippen LogP contribution in [-0.2, 0) is 16.6 Å². The number of nitrogens with one attached hydrogen (secondary N) is 1. The average molecular weight is 394 g/mol. The molecule has 0 amide bonds. The molecule has 0 radical (unpaired) electrons. The van der Waals surface area contributed by atoms with Crippen LogP contribution < -0.4 is 10.3 Å². The molecule has 26 heavy (non-hydrogen) atoms. The molecule has 0 fully saturated rings. The number of aromatic nitrogens is 4. The molecule has 0 bridgehead atoms. The first-order chi connectivity index (χ1) is 12.4. The molecule has 0 unspecified atom stereocenters. The summed E-state index contributed by atoms with van der Waals surface area (Å²) in [5.41, 5.74) is -0.325. The Bertz CT molecular complexity index is 1090. The minimum Gasteiger partial charge on any atom is -0.287 e. The number of hydrogen-bond donors (Lipinski definition) is 1. The number of aryl methyl sites for hydroxylation is 1. The van der Waals surface area contributed by atoms with Gasteiger partial charge in [-0.2, -0.15) is 5.10 Å². The Labute approximate surface area is 155 Å². The summed E-state index contributed by atoms with van der Waals surface area (Å²) in [6.45, 7) is 1.91. The molecular weight excluding hydrogens is 378 g/mol. The van der Waals surface area contributed by atoms with Crippen LogP contribution >= 0.6 is 11.6 Å². The van der Waals surface area contributed by atoms with Crippen molar-refractivity contribution in [2.24, 2.45) is 0 Å². The molecule has 2 heterocycles. The maximum absolute atomic E-state index is 12.3. The van der Waals surface area contributed by atoms with Crippen LogP contribution in [0.4, 0.5) is 0 Å². The second kappa shape index (κ2) is 7.40. The summed E-state index contributed by atoms with van der Waals surface area (Å²) in [6, 6.07) is 8.92. The lowest BCUT2D eigenvalue weighted by Crippen LogP contribution is -2.32. The monoisotopic (exact) mass is 393 g/mol. The standard InChI is InChI=1S/C16H16ClN5O3S/c1-12-18-7-9-21(12)15-5-6-16(23)22(20-15)10-8-19-26(24,25)14-4-2-3-13(17)11-14/h2-7,9,11,19H,8,10H2,1H3. The average Bonchev–Trinajstić information content (AvgIpc) is 3.02. The van der Waals surface area contributed by atoms with Gasteiger partial charge in [0.05, 0.1) is 11.4 Å². The molecule has 0 atom stereocenters. The number of benzene rings is 1. The van der Waals surface area contributed by atoms with Gasteiger partial charge < -0.3 is 0 Å². The Morgan fingerprint density at radius 2 is 2.04 bits per heavy atom. The normalized spacial score (nSPS) is 11.6. The minimum atomic E-state index is -3.72. The first kappa shape index (κ1) is 18.3. The first-order valence-corrected chi connectivity index (χ1v) is 9.57. The number of rotatable bonds is 6. The Balaban J connectivity index is 1.74. The zero-order valence-electron chi connectivity index (χ0n) is 13.8. The van der Waals surface area contributed by atoms with E-state index in [-0.39, 0.29) is 23.5 Å². The number of nitrogens with zero attached hydrogens (tertiary/aromatic N) is 4. The van der Waals surface area contributed by atoms with Crippen LogP contribution in [0.2, 0.25) is 5.02 Å². The van der Waals surface area contributed by atoms with Gasteiger partial charge in [-0.1, -0.05) is 17.7 Å². The Morgan fingerprint density at radius 3 is 2.73 bits per heavy atom. The lowest BCUT2D eigenvalue weighted by atomic mass is 10.4. The van der Waals surface area contributed by atoms with Crippen LogP contribution in [0.5, 0.6) is 0 Å². The molecule has 136 valence electrons. The van der Waals surface area contributed by atoms with Gasteiger partial charge in [0.15, 0.2) is 5.82 Å². The van der Waals surface area contributed by atoms with E-state index in [9.17, 15) is 13.2 Å². The van der Waals surface area contributed by atoms with Crippen molar-refractivity contribution in [3.63, 3.8) is 0 Å². The van der Waals surface area contributed by atoms with Crippen molar-refractivity contribution in [2.75, 3.05) is 6.54 Å². The van der Waals surface area contributed by atoms with E-state index in [0.29, 0.717) is 10.8 Å². The molecule has 0 aliphatic rings. The summed E-state index contributed by atoms with van der Waals surface area (Å²) in [5, 5.41) is 4.58. The van der Waals surface area contributed by atoms with Crippen LogP contribution in [-0.4, -0.2) is 34.3 Å². The molecule has 3 rings (SSSR count). The minimum absolute atomic E-state index is 0.00805. The van der Waals surface area contributed by atoms with E-state index in [1.807, 2.05) is 6.92 Å². The molecule has 1 N–H and O–H groups in total. The van der Waals surface area contributed by atoms with Crippen molar-refractivity contribution < 1.29 is 8.42 Å². The van der Waals surface area contributed by atoms with Crippen LogP contribution in [0.15, 0.2) is 58.5 Å². The molecule has 0 spiro atoms. The summed E-state index contributed by atoms with van der Waals surface area (Å²) in [7, 11) is -3.72. The maximum atomic E-state index is 12.3. The van der Waals surface area contributed by atoms with Crippen molar-refractivity contribution in [1.82, 2.24) is 24.1 Å². The number of sulfonamides is 1.